The number of aromatic nitrogens is 3. The summed E-state index contributed by atoms with van der Waals surface area (Å²) >= 11 is 0. The van der Waals surface area contributed by atoms with Crippen molar-refractivity contribution in [1.82, 2.24) is 19.9 Å². The average Bonchev–Trinajstić information content (AvgIpc) is 3.45. The van der Waals surface area contributed by atoms with Gasteiger partial charge in [0.25, 0.3) is 5.91 Å². The lowest BCUT2D eigenvalue weighted by Gasteiger charge is -2.09. The van der Waals surface area contributed by atoms with Crippen molar-refractivity contribution in [1.29, 1.82) is 0 Å². The second-order valence-electron chi connectivity index (χ2n) is 8.41. The Hall–Kier alpha value is -4.59. The lowest BCUT2D eigenvalue weighted by atomic mass is 10.1. The van der Waals surface area contributed by atoms with E-state index in [-0.39, 0.29) is 12.7 Å². The Labute approximate surface area is 201 Å². The summed E-state index contributed by atoms with van der Waals surface area (Å²) in [5.41, 5.74) is 11.5. The number of nitrogens with one attached hydrogen (secondary N) is 1. The van der Waals surface area contributed by atoms with Gasteiger partial charge in [-0.3, -0.25) is 4.79 Å². The Bertz CT molecular complexity index is 1560. The van der Waals surface area contributed by atoms with Gasteiger partial charge in [-0.2, -0.15) is 0 Å². The molecule has 3 heterocycles. The van der Waals surface area contributed by atoms with Crippen molar-refractivity contribution in [3.05, 3.63) is 89.5 Å². The molecule has 6 rings (SSSR count). The molecule has 0 unspecified atom stereocenters. The van der Waals surface area contributed by atoms with Crippen molar-refractivity contribution < 1.29 is 14.3 Å². The minimum atomic E-state index is -0.266. The van der Waals surface area contributed by atoms with Crippen LogP contribution in [0.2, 0.25) is 0 Å². The Balaban J connectivity index is 1.38. The Morgan fingerprint density at radius 1 is 0.914 bits per heavy atom. The summed E-state index contributed by atoms with van der Waals surface area (Å²) in [5, 5.41) is 3.00. The first-order chi connectivity index (χ1) is 17.2. The molecule has 2 aromatic heterocycles. The van der Waals surface area contributed by atoms with Crippen LogP contribution < -0.4 is 20.5 Å². The van der Waals surface area contributed by atoms with E-state index in [2.05, 4.69) is 5.32 Å². The molecule has 0 atom stereocenters. The fourth-order valence-corrected chi connectivity index (χ4v) is 4.38. The number of ether oxygens (including phenoxy) is 2. The summed E-state index contributed by atoms with van der Waals surface area (Å²) in [6, 6.07) is 23.3. The number of benzene rings is 3. The van der Waals surface area contributed by atoms with E-state index >= 15 is 0 Å². The molecule has 3 aromatic carbocycles. The SMILES string of the molecule is Nc1c(C(=O)NCCc2ccccc2)c2nc3ccccc3nc2n1Cc1ccc2c(c1)OCO2. The van der Waals surface area contributed by atoms with Crippen LogP contribution in [0.3, 0.4) is 0 Å². The van der Waals surface area contributed by atoms with E-state index in [4.69, 9.17) is 25.2 Å². The van der Waals surface area contributed by atoms with Crippen LogP contribution in [0.5, 0.6) is 11.5 Å². The molecular weight excluding hydrogens is 442 g/mol. The molecule has 0 bridgehead atoms. The first-order valence-electron chi connectivity index (χ1n) is 11.4. The quantitative estimate of drug-likeness (QED) is 0.394. The third kappa shape index (κ3) is 3.89. The van der Waals surface area contributed by atoms with Crippen molar-refractivity contribution in [3.8, 4) is 11.5 Å². The molecule has 174 valence electrons. The molecule has 1 aliphatic rings. The van der Waals surface area contributed by atoms with Gasteiger partial charge in [0.05, 0.1) is 17.6 Å². The zero-order valence-corrected chi connectivity index (χ0v) is 18.9. The van der Waals surface area contributed by atoms with Crippen molar-refractivity contribution in [3.63, 3.8) is 0 Å². The number of rotatable bonds is 6. The van der Waals surface area contributed by atoms with E-state index in [9.17, 15) is 4.79 Å². The lowest BCUT2D eigenvalue weighted by Crippen LogP contribution is -2.26. The van der Waals surface area contributed by atoms with Crippen LogP contribution in [0, 0.1) is 0 Å². The van der Waals surface area contributed by atoms with Crippen molar-refractivity contribution >= 4 is 33.9 Å². The predicted octanol–water partition coefficient (Wildman–Crippen LogP) is 3.92. The highest BCUT2D eigenvalue weighted by Crippen LogP contribution is 2.34. The Morgan fingerprint density at radius 3 is 2.49 bits per heavy atom. The summed E-state index contributed by atoms with van der Waals surface area (Å²) in [6.45, 7) is 1.10. The zero-order valence-electron chi connectivity index (χ0n) is 18.9. The predicted molar refractivity (Wildman–Crippen MR) is 134 cm³/mol. The standard InChI is InChI=1S/C27H23N5O3/c28-25-23(27(33)29-13-12-17-6-2-1-3-7-17)24-26(31-20-9-5-4-8-19(20)30-24)32(25)15-18-10-11-21-22(14-18)35-16-34-21/h1-11,14H,12-13,15-16,28H2,(H,29,33). The normalized spacial score (nSPS) is 12.3. The third-order valence-electron chi connectivity index (χ3n) is 6.14. The number of nitrogens with zero attached hydrogens (tertiary/aromatic N) is 3. The van der Waals surface area contributed by atoms with Crippen molar-refractivity contribution in [2.24, 2.45) is 0 Å². The van der Waals surface area contributed by atoms with E-state index in [1.807, 2.05) is 77.4 Å². The Kier molecular flexibility index (Phi) is 5.18. The fraction of sp³-hybridized carbons (Fsp3) is 0.148. The van der Waals surface area contributed by atoms with Crippen LogP contribution in [0.4, 0.5) is 5.82 Å². The highest BCUT2D eigenvalue weighted by atomic mass is 16.7. The van der Waals surface area contributed by atoms with Crippen LogP contribution in [0.25, 0.3) is 22.2 Å². The van der Waals surface area contributed by atoms with E-state index in [1.165, 1.54) is 0 Å². The molecule has 1 amide bonds. The van der Waals surface area contributed by atoms with Crippen LogP contribution >= 0.6 is 0 Å². The number of para-hydroxylation sites is 2. The number of nitrogens with two attached hydrogens (primary N) is 1. The first kappa shape index (κ1) is 21.0. The molecular formula is C27H23N5O3. The van der Waals surface area contributed by atoms with Gasteiger partial charge < -0.3 is 25.1 Å². The molecule has 5 aromatic rings. The number of amides is 1. The molecule has 35 heavy (non-hydrogen) atoms. The number of hydrogen-bond acceptors (Lipinski definition) is 6. The number of hydrogen-bond donors (Lipinski definition) is 2. The molecule has 3 N–H and O–H groups in total. The van der Waals surface area contributed by atoms with Gasteiger partial charge in [-0.1, -0.05) is 48.5 Å². The van der Waals surface area contributed by atoms with E-state index in [0.29, 0.717) is 52.7 Å². The highest BCUT2D eigenvalue weighted by molar-refractivity contribution is 6.10. The van der Waals surface area contributed by atoms with Gasteiger partial charge in [0.1, 0.15) is 16.9 Å². The Morgan fingerprint density at radius 2 is 1.66 bits per heavy atom. The molecule has 0 radical (unpaired) electrons. The average molecular weight is 466 g/mol. The van der Waals surface area contributed by atoms with Gasteiger partial charge in [0.15, 0.2) is 17.1 Å². The second-order valence-corrected chi connectivity index (χ2v) is 8.41. The zero-order chi connectivity index (χ0) is 23.8. The van der Waals surface area contributed by atoms with Gasteiger partial charge in [-0.05, 0) is 41.8 Å². The number of carbonyl (C=O) groups is 1. The molecule has 1 aliphatic heterocycles. The number of carbonyl (C=O) groups excluding carboxylic acids is 1. The number of anilines is 1. The summed E-state index contributed by atoms with van der Waals surface area (Å²) in [7, 11) is 0. The van der Waals surface area contributed by atoms with Gasteiger partial charge in [-0.15, -0.1) is 0 Å². The molecule has 0 fully saturated rings. The minimum Gasteiger partial charge on any atom is -0.454 e. The van der Waals surface area contributed by atoms with Crippen molar-refractivity contribution in [2.75, 3.05) is 19.1 Å². The van der Waals surface area contributed by atoms with Gasteiger partial charge in [0, 0.05) is 6.54 Å². The van der Waals surface area contributed by atoms with Crippen LogP contribution in [0.1, 0.15) is 21.5 Å². The van der Waals surface area contributed by atoms with E-state index in [0.717, 1.165) is 23.1 Å². The van der Waals surface area contributed by atoms with Crippen LogP contribution in [-0.2, 0) is 13.0 Å². The lowest BCUT2D eigenvalue weighted by molar-refractivity contribution is 0.0956. The minimum absolute atomic E-state index is 0.206. The molecule has 0 saturated heterocycles. The largest absolute Gasteiger partial charge is 0.454 e. The molecule has 0 spiro atoms. The van der Waals surface area contributed by atoms with Crippen molar-refractivity contribution in [2.45, 2.75) is 13.0 Å². The summed E-state index contributed by atoms with van der Waals surface area (Å²) in [5.74, 6) is 1.46. The van der Waals surface area contributed by atoms with E-state index < -0.39 is 0 Å². The monoisotopic (exact) mass is 465 g/mol. The maximum Gasteiger partial charge on any atom is 0.257 e. The molecule has 0 saturated carbocycles. The van der Waals surface area contributed by atoms with Crippen LogP contribution in [-0.4, -0.2) is 33.8 Å². The van der Waals surface area contributed by atoms with Gasteiger partial charge in [-0.25, -0.2) is 9.97 Å². The first-order valence-corrected chi connectivity index (χ1v) is 11.4. The third-order valence-corrected chi connectivity index (χ3v) is 6.14. The summed E-state index contributed by atoms with van der Waals surface area (Å²) < 4.78 is 12.8. The van der Waals surface area contributed by atoms with Gasteiger partial charge in [0.2, 0.25) is 6.79 Å². The summed E-state index contributed by atoms with van der Waals surface area (Å²) in [4.78, 5) is 22.9. The second kappa shape index (κ2) is 8.64. The fourth-order valence-electron chi connectivity index (χ4n) is 4.38. The van der Waals surface area contributed by atoms with Gasteiger partial charge >= 0.3 is 0 Å². The molecule has 0 aliphatic carbocycles. The molecule has 8 heteroatoms. The highest BCUT2D eigenvalue weighted by Gasteiger charge is 2.24. The summed E-state index contributed by atoms with van der Waals surface area (Å²) in [6.07, 6.45) is 0.719. The smallest absolute Gasteiger partial charge is 0.257 e. The maximum atomic E-state index is 13.3. The number of nitrogen functional groups attached to an aromatic ring is 1. The topological polar surface area (TPSA) is 104 Å². The number of fused-ring (bicyclic) bond motifs is 3. The van der Waals surface area contributed by atoms with Crippen LogP contribution in [0.15, 0.2) is 72.8 Å². The van der Waals surface area contributed by atoms with E-state index in [1.54, 1.807) is 0 Å². The molecule has 8 nitrogen and oxygen atoms in total. The maximum absolute atomic E-state index is 13.3.